The van der Waals surface area contributed by atoms with Gasteiger partial charge >= 0.3 is 0 Å². The molecule has 2 aromatic heterocycles. The Hall–Kier alpha value is -6.88. The van der Waals surface area contributed by atoms with Crippen LogP contribution in [0.15, 0.2) is 158 Å². The van der Waals surface area contributed by atoms with Crippen molar-refractivity contribution in [1.29, 1.82) is 10.5 Å². The fourth-order valence-electron chi connectivity index (χ4n) is 7.42. The summed E-state index contributed by atoms with van der Waals surface area (Å²) in [6.07, 6.45) is 0. The van der Waals surface area contributed by atoms with E-state index >= 15 is 0 Å². The summed E-state index contributed by atoms with van der Waals surface area (Å²) >= 11 is 0. The van der Waals surface area contributed by atoms with E-state index in [2.05, 4.69) is 161 Å². The third-order valence-corrected chi connectivity index (χ3v) is 9.42. The van der Waals surface area contributed by atoms with Gasteiger partial charge in [0.2, 0.25) is 0 Å². The molecule has 0 N–H and O–H groups in total. The number of nitrogens with zero attached hydrogens (tertiary/aromatic N) is 4. The van der Waals surface area contributed by atoms with Crippen LogP contribution in [0.2, 0.25) is 0 Å². The third-order valence-electron chi connectivity index (χ3n) is 9.42. The maximum absolute atomic E-state index is 10.5. The van der Waals surface area contributed by atoms with Crippen LogP contribution in [-0.4, -0.2) is 9.13 Å². The lowest BCUT2D eigenvalue weighted by Crippen LogP contribution is -2.03. The number of benzene rings is 7. The predicted molar refractivity (Wildman–Crippen MR) is 195 cm³/mol. The highest BCUT2D eigenvalue weighted by atomic mass is 15.0. The molecule has 0 unspecified atom stereocenters. The van der Waals surface area contributed by atoms with Gasteiger partial charge in [-0.2, -0.15) is 10.5 Å². The minimum atomic E-state index is 0.455. The minimum Gasteiger partial charge on any atom is -0.309 e. The van der Waals surface area contributed by atoms with E-state index in [4.69, 9.17) is 0 Å². The molecule has 222 valence electrons. The van der Waals surface area contributed by atoms with Gasteiger partial charge in [-0.1, -0.05) is 109 Å². The van der Waals surface area contributed by atoms with Crippen molar-refractivity contribution in [1.82, 2.24) is 9.13 Å². The number of nitriles is 2. The fourth-order valence-corrected chi connectivity index (χ4v) is 7.42. The van der Waals surface area contributed by atoms with Gasteiger partial charge in [-0.05, 0) is 54.1 Å². The first-order valence-corrected chi connectivity index (χ1v) is 15.9. The summed E-state index contributed by atoms with van der Waals surface area (Å²) in [5.74, 6) is 0. The Morgan fingerprint density at radius 1 is 0.375 bits per heavy atom. The van der Waals surface area contributed by atoms with Crippen LogP contribution in [-0.2, 0) is 0 Å². The zero-order chi connectivity index (χ0) is 32.2. The van der Waals surface area contributed by atoms with Crippen LogP contribution in [0.1, 0.15) is 11.1 Å². The summed E-state index contributed by atoms with van der Waals surface area (Å²) in [5, 5.41) is 25.0. The lowest BCUT2D eigenvalue weighted by molar-refractivity contribution is 1.17. The van der Waals surface area contributed by atoms with Crippen LogP contribution < -0.4 is 0 Å². The summed E-state index contributed by atoms with van der Waals surface area (Å²) in [6.45, 7) is 0. The highest BCUT2D eigenvalue weighted by molar-refractivity contribution is 6.12. The van der Waals surface area contributed by atoms with Crippen LogP contribution in [0, 0.1) is 22.7 Å². The highest BCUT2D eigenvalue weighted by Gasteiger charge is 2.23. The van der Waals surface area contributed by atoms with Crippen LogP contribution in [0.25, 0.3) is 77.2 Å². The van der Waals surface area contributed by atoms with Crippen molar-refractivity contribution in [3.63, 3.8) is 0 Å². The summed E-state index contributed by atoms with van der Waals surface area (Å²) < 4.78 is 4.66. The standard InChI is InChI=1S/C44H26N4/c45-27-29-24-25-31(30(26-29)28-46)44-37(17-11-23-43(44)48-40-20-8-3-14-34(40)35-15-4-9-21-41(35)48)36-16-5-10-22-42(36)47-38-18-6-1-12-32(38)33-13-2-7-19-39(33)47/h1-26H. The normalized spacial score (nSPS) is 11.3. The van der Waals surface area contributed by atoms with E-state index in [-0.39, 0.29) is 0 Å². The number of fused-ring (bicyclic) bond motifs is 6. The van der Waals surface area contributed by atoms with Gasteiger partial charge in [0.25, 0.3) is 0 Å². The van der Waals surface area contributed by atoms with E-state index in [0.717, 1.165) is 66.5 Å². The number of hydrogen-bond acceptors (Lipinski definition) is 2. The van der Waals surface area contributed by atoms with E-state index in [0.29, 0.717) is 11.1 Å². The molecule has 48 heavy (non-hydrogen) atoms. The molecule has 7 aromatic carbocycles. The molecule has 4 heteroatoms. The molecule has 9 rings (SSSR count). The zero-order valence-corrected chi connectivity index (χ0v) is 25.8. The summed E-state index contributed by atoms with van der Waals surface area (Å²) in [5.41, 5.74) is 11.1. The molecule has 0 aliphatic heterocycles. The van der Waals surface area contributed by atoms with Gasteiger partial charge in [0, 0.05) is 38.2 Å². The molecule has 0 amide bonds. The highest BCUT2D eigenvalue weighted by Crippen LogP contribution is 2.44. The fraction of sp³-hybridized carbons (Fsp3) is 0. The SMILES string of the molecule is N#Cc1ccc(-c2c(-c3ccccc3-n3c4ccccc4c4ccccc43)cccc2-n2c3ccccc3c3ccccc32)c(C#N)c1. The smallest absolute Gasteiger partial charge is 0.0998 e. The van der Waals surface area contributed by atoms with Crippen LogP contribution in [0.5, 0.6) is 0 Å². The van der Waals surface area contributed by atoms with Gasteiger partial charge < -0.3 is 9.13 Å². The minimum absolute atomic E-state index is 0.455. The van der Waals surface area contributed by atoms with E-state index < -0.39 is 0 Å². The molecule has 0 spiro atoms. The van der Waals surface area contributed by atoms with Gasteiger partial charge in [0.15, 0.2) is 0 Å². The number of para-hydroxylation sites is 5. The van der Waals surface area contributed by atoms with Gasteiger partial charge in [-0.25, -0.2) is 0 Å². The quantitative estimate of drug-likeness (QED) is 0.199. The Morgan fingerprint density at radius 2 is 0.833 bits per heavy atom. The first-order valence-electron chi connectivity index (χ1n) is 15.9. The van der Waals surface area contributed by atoms with Crippen molar-refractivity contribution in [3.8, 4) is 45.8 Å². The van der Waals surface area contributed by atoms with E-state index in [1.807, 2.05) is 12.1 Å². The molecule has 0 aliphatic carbocycles. The van der Waals surface area contributed by atoms with Gasteiger partial charge in [0.05, 0.1) is 56.7 Å². The van der Waals surface area contributed by atoms with Crippen molar-refractivity contribution >= 4 is 43.6 Å². The van der Waals surface area contributed by atoms with Crippen molar-refractivity contribution < 1.29 is 0 Å². The number of rotatable bonds is 4. The Kier molecular flexibility index (Phi) is 6.22. The topological polar surface area (TPSA) is 57.4 Å². The maximum Gasteiger partial charge on any atom is 0.0998 e. The molecule has 0 fully saturated rings. The largest absolute Gasteiger partial charge is 0.309 e. The van der Waals surface area contributed by atoms with E-state index in [1.54, 1.807) is 6.07 Å². The molecule has 0 bridgehead atoms. The molecule has 0 saturated carbocycles. The van der Waals surface area contributed by atoms with E-state index in [1.165, 1.54) is 10.8 Å². The lowest BCUT2D eigenvalue weighted by atomic mass is 9.89. The molecule has 0 saturated heterocycles. The maximum atomic E-state index is 10.5. The molecule has 4 nitrogen and oxygen atoms in total. The van der Waals surface area contributed by atoms with Crippen LogP contribution >= 0.6 is 0 Å². The third kappa shape index (κ3) is 4.01. The van der Waals surface area contributed by atoms with Crippen molar-refractivity contribution in [3.05, 3.63) is 169 Å². The Bertz CT molecular complexity index is 2710. The molecule has 0 atom stereocenters. The summed E-state index contributed by atoms with van der Waals surface area (Å²) in [7, 11) is 0. The number of aromatic nitrogens is 2. The summed E-state index contributed by atoms with van der Waals surface area (Å²) in [4.78, 5) is 0. The second-order valence-electron chi connectivity index (χ2n) is 11.9. The van der Waals surface area contributed by atoms with Gasteiger partial charge in [-0.3, -0.25) is 0 Å². The van der Waals surface area contributed by atoms with Crippen molar-refractivity contribution in [2.45, 2.75) is 0 Å². The molecule has 0 aliphatic rings. The first kappa shape index (κ1) is 27.4. The second-order valence-corrected chi connectivity index (χ2v) is 11.9. The lowest BCUT2D eigenvalue weighted by Gasteiger charge is -2.21. The Balaban J connectivity index is 1.43. The molecule has 9 aromatic rings. The molecular weight excluding hydrogens is 585 g/mol. The molecule has 0 radical (unpaired) electrons. The number of hydrogen-bond donors (Lipinski definition) is 0. The monoisotopic (exact) mass is 610 g/mol. The van der Waals surface area contributed by atoms with Gasteiger partial charge in [0.1, 0.15) is 0 Å². The molecule has 2 heterocycles. The van der Waals surface area contributed by atoms with Gasteiger partial charge in [-0.15, -0.1) is 0 Å². The zero-order valence-electron chi connectivity index (χ0n) is 25.8. The Morgan fingerprint density at radius 3 is 1.38 bits per heavy atom. The average Bonchev–Trinajstić information content (AvgIpc) is 3.67. The second kappa shape index (κ2) is 10.9. The Labute approximate surface area is 277 Å². The van der Waals surface area contributed by atoms with Crippen LogP contribution in [0.3, 0.4) is 0 Å². The first-order chi connectivity index (χ1) is 23.8. The summed E-state index contributed by atoms with van der Waals surface area (Å²) in [6, 6.07) is 59.0. The van der Waals surface area contributed by atoms with E-state index in [9.17, 15) is 10.5 Å². The predicted octanol–water partition coefficient (Wildman–Crippen LogP) is 11.0. The average molecular weight is 611 g/mol. The van der Waals surface area contributed by atoms with Crippen molar-refractivity contribution in [2.24, 2.45) is 0 Å². The van der Waals surface area contributed by atoms with Crippen LogP contribution in [0.4, 0.5) is 0 Å². The van der Waals surface area contributed by atoms with Crippen molar-refractivity contribution in [2.75, 3.05) is 0 Å². The molecular formula is C44H26N4.